The van der Waals surface area contributed by atoms with Crippen LogP contribution in [0.5, 0.6) is 0 Å². The summed E-state index contributed by atoms with van der Waals surface area (Å²) < 4.78 is 11.8. The molecule has 96 valence electrons. The van der Waals surface area contributed by atoms with Gasteiger partial charge < -0.3 is 19.0 Å². The highest BCUT2D eigenvalue weighted by Gasteiger charge is 2.00. The topological polar surface area (TPSA) is 56.4 Å². The first-order valence-electron chi connectivity index (χ1n) is 5.75. The number of ether oxygens (including phenoxy) is 1. The summed E-state index contributed by atoms with van der Waals surface area (Å²) in [6.07, 6.45) is 3.42. The van der Waals surface area contributed by atoms with Gasteiger partial charge in [0.25, 0.3) is 5.56 Å². The lowest BCUT2D eigenvalue weighted by molar-refractivity contribution is 0.186. The Bertz CT molecular complexity index is 531. The van der Waals surface area contributed by atoms with E-state index in [4.69, 9.17) is 9.15 Å². The van der Waals surface area contributed by atoms with E-state index in [1.165, 1.54) is 0 Å². The molecule has 2 heterocycles. The number of nitrogens with zero attached hydrogens (tertiary/aromatic N) is 1. The maximum absolute atomic E-state index is 11.6. The van der Waals surface area contributed by atoms with Crippen LogP contribution in [-0.4, -0.2) is 18.3 Å². The van der Waals surface area contributed by atoms with Crippen molar-refractivity contribution in [1.82, 2.24) is 4.57 Å². The zero-order valence-corrected chi connectivity index (χ0v) is 10.3. The molecule has 0 amide bonds. The summed E-state index contributed by atoms with van der Waals surface area (Å²) in [5, 5.41) is 3.20. The first-order valence-corrected chi connectivity index (χ1v) is 5.75. The lowest BCUT2D eigenvalue weighted by Crippen LogP contribution is -2.21. The van der Waals surface area contributed by atoms with Gasteiger partial charge in [0, 0.05) is 25.9 Å². The highest BCUT2D eigenvalue weighted by atomic mass is 16.5. The van der Waals surface area contributed by atoms with Crippen LogP contribution in [0.3, 0.4) is 0 Å². The number of anilines is 1. The van der Waals surface area contributed by atoms with Gasteiger partial charge in [-0.15, -0.1) is 0 Å². The highest BCUT2D eigenvalue weighted by Crippen LogP contribution is 2.07. The molecule has 5 nitrogen and oxygen atoms in total. The van der Waals surface area contributed by atoms with Gasteiger partial charge in [-0.2, -0.15) is 0 Å². The van der Waals surface area contributed by atoms with Crippen molar-refractivity contribution in [2.75, 3.05) is 19.0 Å². The largest absolute Gasteiger partial charge is 0.467 e. The number of rotatable bonds is 6. The lowest BCUT2D eigenvalue weighted by atomic mass is 10.3. The number of hydrogen-bond acceptors (Lipinski definition) is 4. The average molecular weight is 248 g/mol. The standard InChI is InChI=1S/C13H16N2O3/c1-17-8-6-15-10-11(4-5-13(15)16)14-9-12-3-2-7-18-12/h2-5,7,10,14H,6,8-9H2,1H3. The smallest absolute Gasteiger partial charge is 0.250 e. The van der Waals surface area contributed by atoms with E-state index in [2.05, 4.69) is 5.32 Å². The zero-order valence-electron chi connectivity index (χ0n) is 10.3. The number of furan rings is 1. The van der Waals surface area contributed by atoms with E-state index in [1.54, 1.807) is 36.3 Å². The van der Waals surface area contributed by atoms with Gasteiger partial charge in [-0.05, 0) is 18.2 Å². The normalized spacial score (nSPS) is 10.5. The Morgan fingerprint density at radius 2 is 2.28 bits per heavy atom. The van der Waals surface area contributed by atoms with Crippen molar-refractivity contribution in [2.24, 2.45) is 0 Å². The van der Waals surface area contributed by atoms with Crippen molar-refractivity contribution in [3.63, 3.8) is 0 Å². The van der Waals surface area contributed by atoms with Crippen molar-refractivity contribution in [3.8, 4) is 0 Å². The Kier molecular flexibility index (Phi) is 4.20. The maximum atomic E-state index is 11.6. The molecule has 0 aliphatic carbocycles. The second-order valence-corrected chi connectivity index (χ2v) is 3.88. The van der Waals surface area contributed by atoms with Crippen LogP contribution in [-0.2, 0) is 17.8 Å². The molecule has 0 bridgehead atoms. The number of aromatic nitrogens is 1. The Morgan fingerprint density at radius 1 is 1.39 bits per heavy atom. The van der Waals surface area contributed by atoms with Crippen molar-refractivity contribution in [2.45, 2.75) is 13.1 Å². The average Bonchev–Trinajstić information content (AvgIpc) is 2.89. The van der Waals surface area contributed by atoms with Crippen molar-refractivity contribution in [3.05, 3.63) is 52.8 Å². The summed E-state index contributed by atoms with van der Waals surface area (Å²) in [7, 11) is 1.62. The molecule has 0 atom stereocenters. The molecule has 0 saturated heterocycles. The van der Waals surface area contributed by atoms with E-state index in [9.17, 15) is 4.79 Å². The third kappa shape index (κ3) is 3.24. The van der Waals surface area contributed by atoms with E-state index in [0.717, 1.165) is 11.4 Å². The minimum absolute atomic E-state index is 0.0319. The molecule has 0 spiro atoms. The molecule has 0 aliphatic heterocycles. The predicted molar refractivity (Wildman–Crippen MR) is 68.6 cm³/mol. The third-order valence-corrected chi connectivity index (χ3v) is 2.57. The van der Waals surface area contributed by atoms with E-state index in [-0.39, 0.29) is 5.56 Å². The summed E-state index contributed by atoms with van der Waals surface area (Å²) >= 11 is 0. The van der Waals surface area contributed by atoms with E-state index in [0.29, 0.717) is 19.7 Å². The quantitative estimate of drug-likeness (QED) is 0.845. The molecule has 5 heteroatoms. The molecular weight excluding hydrogens is 232 g/mol. The molecule has 18 heavy (non-hydrogen) atoms. The van der Waals surface area contributed by atoms with Crippen LogP contribution in [0, 0.1) is 0 Å². The first-order chi connectivity index (χ1) is 8.79. The Hall–Kier alpha value is -2.01. The summed E-state index contributed by atoms with van der Waals surface area (Å²) in [5.41, 5.74) is 0.845. The monoisotopic (exact) mass is 248 g/mol. The van der Waals surface area contributed by atoms with Gasteiger partial charge in [0.05, 0.1) is 25.1 Å². The van der Waals surface area contributed by atoms with Crippen LogP contribution in [0.2, 0.25) is 0 Å². The second kappa shape index (κ2) is 6.07. The first kappa shape index (κ1) is 12.4. The van der Waals surface area contributed by atoms with E-state index >= 15 is 0 Å². The van der Waals surface area contributed by atoms with Gasteiger partial charge in [0.2, 0.25) is 0 Å². The van der Waals surface area contributed by atoms with Crippen LogP contribution in [0.4, 0.5) is 5.69 Å². The van der Waals surface area contributed by atoms with Gasteiger partial charge in [-0.1, -0.05) is 0 Å². The second-order valence-electron chi connectivity index (χ2n) is 3.88. The van der Waals surface area contributed by atoms with Crippen LogP contribution in [0.15, 0.2) is 45.9 Å². The minimum atomic E-state index is -0.0319. The molecule has 0 aromatic carbocycles. The fourth-order valence-electron chi connectivity index (χ4n) is 1.60. The number of methoxy groups -OCH3 is 1. The van der Waals surface area contributed by atoms with Gasteiger partial charge in [-0.25, -0.2) is 0 Å². The number of nitrogens with one attached hydrogen (secondary N) is 1. The van der Waals surface area contributed by atoms with Crippen LogP contribution in [0.25, 0.3) is 0 Å². The molecular formula is C13H16N2O3. The van der Waals surface area contributed by atoms with Crippen molar-refractivity contribution < 1.29 is 9.15 Å². The summed E-state index contributed by atoms with van der Waals surface area (Å²) in [6, 6.07) is 7.04. The molecule has 2 aromatic heterocycles. The van der Waals surface area contributed by atoms with Crippen molar-refractivity contribution in [1.29, 1.82) is 0 Å². The van der Waals surface area contributed by atoms with Gasteiger partial charge in [0.1, 0.15) is 5.76 Å². The van der Waals surface area contributed by atoms with Crippen LogP contribution in [0.1, 0.15) is 5.76 Å². The van der Waals surface area contributed by atoms with Crippen LogP contribution < -0.4 is 10.9 Å². The zero-order chi connectivity index (χ0) is 12.8. The molecule has 0 radical (unpaired) electrons. The molecule has 0 unspecified atom stereocenters. The van der Waals surface area contributed by atoms with E-state index in [1.807, 2.05) is 12.1 Å². The Morgan fingerprint density at radius 3 is 3.00 bits per heavy atom. The van der Waals surface area contributed by atoms with Crippen molar-refractivity contribution >= 4 is 5.69 Å². The summed E-state index contributed by atoms with van der Waals surface area (Å²) in [4.78, 5) is 11.6. The summed E-state index contributed by atoms with van der Waals surface area (Å²) in [5.74, 6) is 0.852. The molecule has 0 fully saturated rings. The molecule has 0 aliphatic rings. The molecule has 1 N–H and O–H groups in total. The number of pyridine rings is 1. The van der Waals surface area contributed by atoms with Gasteiger partial charge >= 0.3 is 0 Å². The summed E-state index contributed by atoms with van der Waals surface area (Å²) in [6.45, 7) is 1.66. The van der Waals surface area contributed by atoms with E-state index < -0.39 is 0 Å². The Labute approximate surface area is 105 Å². The van der Waals surface area contributed by atoms with Gasteiger partial charge in [-0.3, -0.25) is 4.79 Å². The Balaban J connectivity index is 2.02. The molecule has 2 aromatic rings. The lowest BCUT2D eigenvalue weighted by Gasteiger charge is -2.09. The predicted octanol–water partition coefficient (Wildman–Crippen LogP) is 1.70. The fraction of sp³-hybridized carbons (Fsp3) is 0.308. The molecule has 2 rings (SSSR count). The number of hydrogen-bond donors (Lipinski definition) is 1. The SMILES string of the molecule is COCCn1cc(NCc2ccco2)ccc1=O. The highest BCUT2D eigenvalue weighted by molar-refractivity contribution is 5.40. The third-order valence-electron chi connectivity index (χ3n) is 2.57. The molecule has 0 saturated carbocycles. The van der Waals surface area contributed by atoms with Gasteiger partial charge in [0.15, 0.2) is 0 Å². The van der Waals surface area contributed by atoms with Crippen LogP contribution >= 0.6 is 0 Å². The maximum Gasteiger partial charge on any atom is 0.250 e. The minimum Gasteiger partial charge on any atom is -0.467 e. The fourth-order valence-corrected chi connectivity index (χ4v) is 1.60.